The van der Waals surface area contributed by atoms with E-state index in [1.165, 1.54) is 18.1 Å². The largest absolute Gasteiger partial charge is 0.289 e. The van der Waals surface area contributed by atoms with E-state index in [9.17, 15) is 4.79 Å². The van der Waals surface area contributed by atoms with Crippen molar-refractivity contribution in [2.24, 2.45) is 0 Å². The summed E-state index contributed by atoms with van der Waals surface area (Å²) in [5, 5.41) is 0. The van der Waals surface area contributed by atoms with E-state index in [1.54, 1.807) is 4.82 Å². The molecule has 21 heavy (non-hydrogen) atoms. The first-order valence-electron chi connectivity index (χ1n) is 8.12. The van der Waals surface area contributed by atoms with Crippen LogP contribution in [0, 0.1) is 0 Å². The molecule has 0 amide bonds. The van der Waals surface area contributed by atoms with Crippen LogP contribution < -0.4 is 0 Å². The zero-order chi connectivity index (χ0) is 16.1. The highest BCUT2D eigenvalue weighted by molar-refractivity contribution is 7.06. The maximum absolute atomic E-state index is 12.7. The first kappa shape index (κ1) is 18.1. The Bertz CT molecular complexity index is 485. The Morgan fingerprint density at radius 2 is 1.43 bits per heavy atom. The van der Waals surface area contributed by atoms with Crippen LogP contribution in [0.2, 0.25) is 37.8 Å². The van der Waals surface area contributed by atoms with Gasteiger partial charge in [-0.2, -0.15) is 0 Å². The van der Waals surface area contributed by atoms with E-state index in [4.69, 9.17) is 0 Å². The summed E-state index contributed by atoms with van der Waals surface area (Å²) in [7, 11) is -2.95. The molecule has 0 aliphatic rings. The minimum atomic E-state index is -1.48. The van der Waals surface area contributed by atoms with Crippen molar-refractivity contribution < 1.29 is 4.79 Å². The van der Waals surface area contributed by atoms with Gasteiger partial charge < -0.3 is 0 Å². The predicted octanol–water partition coefficient (Wildman–Crippen LogP) is 5.72. The van der Waals surface area contributed by atoms with Gasteiger partial charge in [0.2, 0.25) is 0 Å². The lowest BCUT2D eigenvalue weighted by Crippen LogP contribution is -2.46. The van der Waals surface area contributed by atoms with Gasteiger partial charge in [-0.25, -0.2) is 0 Å². The summed E-state index contributed by atoms with van der Waals surface area (Å²) in [6, 6.07) is 13.4. The van der Waals surface area contributed by atoms with Gasteiger partial charge in [-0.05, 0) is 6.08 Å². The van der Waals surface area contributed by atoms with Crippen LogP contribution >= 0.6 is 0 Å². The standard InChI is InChI=1S/C18H30OSi2/c1-7-21(8-2,9-3)18(20(4,5)6)15-17(19)16-13-11-10-12-14-16/h10-15H,7-9H2,1-6H3. The minimum absolute atomic E-state index is 0.195. The quantitative estimate of drug-likeness (QED) is 0.357. The molecular formula is C18H30OSi2. The van der Waals surface area contributed by atoms with Crippen molar-refractivity contribution >= 4 is 21.9 Å². The fourth-order valence-corrected chi connectivity index (χ4v) is 14.9. The maximum Gasteiger partial charge on any atom is 0.185 e. The number of ketones is 1. The highest BCUT2D eigenvalue weighted by atomic mass is 28.4. The van der Waals surface area contributed by atoms with E-state index >= 15 is 0 Å². The van der Waals surface area contributed by atoms with E-state index in [-0.39, 0.29) is 5.78 Å². The SMILES string of the molecule is CC[Si](CC)(CC)C(=CC(=O)c1ccccc1)[Si](C)(C)C. The fourth-order valence-electron chi connectivity index (χ4n) is 3.30. The summed E-state index contributed by atoms with van der Waals surface area (Å²) in [6.45, 7) is 14.1. The van der Waals surface area contributed by atoms with E-state index in [0.717, 1.165) is 5.56 Å². The zero-order valence-corrected chi connectivity index (χ0v) is 16.5. The molecule has 0 saturated heterocycles. The molecule has 0 radical (unpaired) electrons. The van der Waals surface area contributed by atoms with Crippen molar-refractivity contribution in [3.05, 3.63) is 46.8 Å². The van der Waals surface area contributed by atoms with E-state index in [1.807, 2.05) is 36.4 Å². The van der Waals surface area contributed by atoms with Crippen LogP contribution in [-0.2, 0) is 0 Å². The van der Waals surface area contributed by atoms with Gasteiger partial charge in [0, 0.05) is 5.56 Å². The smallest absolute Gasteiger partial charge is 0.185 e. The second-order valence-corrected chi connectivity index (χ2v) is 17.6. The molecule has 0 aliphatic carbocycles. The summed E-state index contributed by atoms with van der Waals surface area (Å²) in [5.74, 6) is 0.195. The van der Waals surface area contributed by atoms with Crippen molar-refractivity contribution in [2.45, 2.75) is 58.5 Å². The third-order valence-corrected chi connectivity index (χ3v) is 15.7. The first-order valence-corrected chi connectivity index (χ1v) is 14.2. The molecule has 0 atom stereocenters. The highest BCUT2D eigenvalue weighted by Crippen LogP contribution is 2.34. The molecule has 1 aromatic carbocycles. The van der Waals surface area contributed by atoms with Gasteiger partial charge in [0.15, 0.2) is 5.78 Å². The van der Waals surface area contributed by atoms with E-state index < -0.39 is 16.1 Å². The summed E-state index contributed by atoms with van der Waals surface area (Å²) in [6.07, 6.45) is 2.03. The lowest BCUT2D eigenvalue weighted by Gasteiger charge is -2.38. The van der Waals surface area contributed by atoms with Crippen molar-refractivity contribution in [3.63, 3.8) is 0 Å². The number of benzene rings is 1. The van der Waals surface area contributed by atoms with E-state index in [2.05, 4.69) is 40.4 Å². The molecule has 3 heteroatoms. The number of carbonyl (C=O) groups is 1. The van der Waals surface area contributed by atoms with Crippen LogP contribution in [-0.4, -0.2) is 21.9 Å². The number of hydrogen-bond acceptors (Lipinski definition) is 1. The van der Waals surface area contributed by atoms with Crippen molar-refractivity contribution in [2.75, 3.05) is 0 Å². The molecule has 0 aliphatic heterocycles. The van der Waals surface area contributed by atoms with Crippen LogP contribution in [0.1, 0.15) is 31.1 Å². The number of allylic oxidation sites excluding steroid dienone is 1. The third-order valence-electron chi connectivity index (χ3n) is 4.74. The Balaban J connectivity index is 3.33. The van der Waals surface area contributed by atoms with Gasteiger partial charge >= 0.3 is 0 Å². The molecule has 0 N–H and O–H groups in total. The fraction of sp³-hybridized carbons (Fsp3) is 0.500. The average Bonchev–Trinajstić information content (AvgIpc) is 2.48. The molecule has 0 aromatic heterocycles. The Hall–Kier alpha value is -0.936. The molecular weight excluding hydrogens is 288 g/mol. The van der Waals surface area contributed by atoms with Crippen LogP contribution in [0.4, 0.5) is 0 Å². The normalized spacial score (nSPS) is 13.3. The summed E-state index contributed by atoms with van der Waals surface area (Å²) >= 11 is 0. The Morgan fingerprint density at radius 1 is 0.952 bits per heavy atom. The number of hydrogen-bond donors (Lipinski definition) is 0. The summed E-state index contributed by atoms with van der Waals surface area (Å²) in [5.41, 5.74) is 0.819. The van der Waals surface area contributed by atoms with Crippen LogP contribution in [0.3, 0.4) is 0 Å². The lowest BCUT2D eigenvalue weighted by atomic mass is 10.1. The Labute approximate surface area is 132 Å². The second kappa shape index (κ2) is 7.36. The van der Waals surface area contributed by atoms with Gasteiger partial charge in [-0.15, -0.1) is 0 Å². The van der Waals surface area contributed by atoms with Gasteiger partial charge in [-0.3, -0.25) is 4.79 Å². The molecule has 1 rings (SSSR count). The van der Waals surface area contributed by atoms with Crippen molar-refractivity contribution in [1.82, 2.24) is 0 Å². The maximum atomic E-state index is 12.7. The monoisotopic (exact) mass is 318 g/mol. The lowest BCUT2D eigenvalue weighted by molar-refractivity contribution is 0.104. The first-order chi connectivity index (χ1) is 9.80. The molecule has 0 spiro atoms. The molecule has 0 fully saturated rings. The summed E-state index contributed by atoms with van der Waals surface area (Å²) < 4.78 is 0. The second-order valence-electron chi connectivity index (χ2n) is 6.88. The summed E-state index contributed by atoms with van der Waals surface area (Å²) in [4.78, 5) is 14.2. The molecule has 116 valence electrons. The Morgan fingerprint density at radius 3 is 1.81 bits per heavy atom. The molecule has 0 heterocycles. The highest BCUT2D eigenvalue weighted by Gasteiger charge is 2.38. The minimum Gasteiger partial charge on any atom is -0.289 e. The molecule has 1 aromatic rings. The van der Waals surface area contributed by atoms with Gasteiger partial charge in [0.25, 0.3) is 0 Å². The Kier molecular flexibility index (Phi) is 6.35. The van der Waals surface area contributed by atoms with E-state index in [0.29, 0.717) is 0 Å². The van der Waals surface area contributed by atoms with Crippen LogP contribution in [0.15, 0.2) is 41.2 Å². The van der Waals surface area contributed by atoms with Gasteiger partial charge in [0.1, 0.15) is 0 Å². The van der Waals surface area contributed by atoms with Crippen molar-refractivity contribution in [3.8, 4) is 0 Å². The molecule has 0 unspecified atom stereocenters. The third kappa shape index (κ3) is 4.27. The molecule has 0 bridgehead atoms. The number of carbonyl (C=O) groups excluding carboxylic acids is 1. The zero-order valence-electron chi connectivity index (χ0n) is 14.5. The average molecular weight is 319 g/mol. The topological polar surface area (TPSA) is 17.1 Å². The van der Waals surface area contributed by atoms with Crippen LogP contribution in [0.5, 0.6) is 0 Å². The molecule has 0 saturated carbocycles. The van der Waals surface area contributed by atoms with Gasteiger partial charge in [0.05, 0.1) is 16.1 Å². The molecule has 1 nitrogen and oxygen atoms in total. The predicted molar refractivity (Wildman–Crippen MR) is 99.4 cm³/mol. The van der Waals surface area contributed by atoms with Crippen molar-refractivity contribution in [1.29, 1.82) is 0 Å². The van der Waals surface area contributed by atoms with Crippen LogP contribution in [0.25, 0.3) is 0 Å². The number of rotatable bonds is 7. The van der Waals surface area contributed by atoms with Gasteiger partial charge in [-0.1, -0.05) is 93.7 Å².